The molecule has 1 rings (SSSR count). The molecule has 0 atom stereocenters. The lowest BCUT2D eigenvalue weighted by atomic mass is 10.1. The summed E-state index contributed by atoms with van der Waals surface area (Å²) < 4.78 is 5.55. The van der Waals surface area contributed by atoms with Crippen molar-refractivity contribution in [1.82, 2.24) is 0 Å². The van der Waals surface area contributed by atoms with Gasteiger partial charge in [0.15, 0.2) is 0 Å². The van der Waals surface area contributed by atoms with E-state index >= 15 is 0 Å². The second kappa shape index (κ2) is 7.29. The summed E-state index contributed by atoms with van der Waals surface area (Å²) in [7, 11) is 4.12. The van der Waals surface area contributed by atoms with Crippen molar-refractivity contribution in [2.75, 3.05) is 32.2 Å². The molecular weight excluding hydrogens is 198 g/mol. The van der Waals surface area contributed by atoms with Crippen LogP contribution in [0.25, 0.3) is 0 Å². The van der Waals surface area contributed by atoms with Gasteiger partial charge in [-0.3, -0.25) is 0 Å². The van der Waals surface area contributed by atoms with Gasteiger partial charge in [-0.15, -0.1) is 0 Å². The van der Waals surface area contributed by atoms with Crippen LogP contribution in [-0.2, 0) is 11.2 Å². The number of benzene rings is 1. The van der Waals surface area contributed by atoms with E-state index < -0.39 is 0 Å². The molecule has 0 N–H and O–H groups in total. The normalized spacial score (nSPS) is 10.4. The van der Waals surface area contributed by atoms with E-state index in [4.69, 9.17) is 4.74 Å². The maximum Gasteiger partial charge on any atom is 0.0506 e. The molecule has 0 saturated carbocycles. The summed E-state index contributed by atoms with van der Waals surface area (Å²) in [5.74, 6) is 0. The van der Waals surface area contributed by atoms with Gasteiger partial charge in [0, 0.05) is 26.4 Å². The molecule has 16 heavy (non-hydrogen) atoms. The summed E-state index contributed by atoms with van der Waals surface area (Å²) in [6.45, 7) is 3.91. The Balaban J connectivity index is 2.27. The molecule has 0 aliphatic carbocycles. The van der Waals surface area contributed by atoms with Crippen molar-refractivity contribution in [3.8, 4) is 0 Å². The Morgan fingerprint density at radius 3 is 2.31 bits per heavy atom. The highest BCUT2D eigenvalue weighted by Crippen LogP contribution is 2.12. The summed E-state index contributed by atoms with van der Waals surface area (Å²) in [6, 6.07) is 8.67. The van der Waals surface area contributed by atoms with Gasteiger partial charge < -0.3 is 9.64 Å². The smallest absolute Gasteiger partial charge is 0.0506 e. The van der Waals surface area contributed by atoms with E-state index in [1.165, 1.54) is 24.1 Å². The zero-order valence-electron chi connectivity index (χ0n) is 10.7. The number of nitrogens with zero attached hydrogens (tertiary/aromatic N) is 1. The summed E-state index contributed by atoms with van der Waals surface area (Å²) >= 11 is 0. The van der Waals surface area contributed by atoms with Crippen molar-refractivity contribution in [3.63, 3.8) is 0 Å². The minimum atomic E-state index is 0.835. The molecule has 0 heterocycles. The standard InChI is InChI=1S/C14H23NO/c1-4-5-11-16-12-10-13-6-8-14(9-7-13)15(2)3/h6-9H,4-5,10-12H2,1-3H3. The van der Waals surface area contributed by atoms with Gasteiger partial charge in [0.05, 0.1) is 6.61 Å². The molecule has 1 aromatic rings. The molecule has 0 fully saturated rings. The molecule has 0 bridgehead atoms. The van der Waals surface area contributed by atoms with Crippen LogP contribution in [-0.4, -0.2) is 27.3 Å². The third-order valence-electron chi connectivity index (χ3n) is 2.63. The van der Waals surface area contributed by atoms with Crippen LogP contribution in [0, 0.1) is 0 Å². The van der Waals surface area contributed by atoms with Crippen LogP contribution in [0.3, 0.4) is 0 Å². The summed E-state index contributed by atoms with van der Waals surface area (Å²) in [5.41, 5.74) is 2.60. The number of hydrogen-bond acceptors (Lipinski definition) is 2. The lowest BCUT2D eigenvalue weighted by Gasteiger charge is -2.12. The van der Waals surface area contributed by atoms with Crippen molar-refractivity contribution in [3.05, 3.63) is 29.8 Å². The zero-order valence-corrected chi connectivity index (χ0v) is 10.7. The van der Waals surface area contributed by atoms with Gasteiger partial charge in [-0.1, -0.05) is 25.5 Å². The van der Waals surface area contributed by atoms with Gasteiger partial charge in [-0.25, -0.2) is 0 Å². The van der Waals surface area contributed by atoms with Crippen molar-refractivity contribution in [2.45, 2.75) is 26.2 Å². The highest BCUT2D eigenvalue weighted by molar-refractivity contribution is 5.45. The molecule has 0 amide bonds. The molecule has 0 aliphatic rings. The van der Waals surface area contributed by atoms with E-state index in [-0.39, 0.29) is 0 Å². The maximum atomic E-state index is 5.55. The fraction of sp³-hybridized carbons (Fsp3) is 0.571. The van der Waals surface area contributed by atoms with Crippen molar-refractivity contribution >= 4 is 5.69 Å². The first kappa shape index (κ1) is 13.0. The van der Waals surface area contributed by atoms with Crippen molar-refractivity contribution in [1.29, 1.82) is 0 Å². The lowest BCUT2D eigenvalue weighted by molar-refractivity contribution is 0.134. The number of anilines is 1. The monoisotopic (exact) mass is 221 g/mol. The topological polar surface area (TPSA) is 12.5 Å². The Morgan fingerprint density at radius 2 is 1.75 bits per heavy atom. The summed E-state index contributed by atoms with van der Waals surface area (Å²) in [4.78, 5) is 2.11. The average Bonchev–Trinajstić information content (AvgIpc) is 2.29. The molecule has 0 aromatic heterocycles. The summed E-state index contributed by atoms with van der Waals surface area (Å²) in [6.07, 6.45) is 3.38. The van der Waals surface area contributed by atoms with Crippen LogP contribution in [0.1, 0.15) is 25.3 Å². The fourth-order valence-electron chi connectivity index (χ4n) is 1.50. The highest BCUT2D eigenvalue weighted by atomic mass is 16.5. The van der Waals surface area contributed by atoms with E-state index in [9.17, 15) is 0 Å². The Morgan fingerprint density at radius 1 is 1.06 bits per heavy atom. The molecule has 0 unspecified atom stereocenters. The summed E-state index contributed by atoms with van der Waals surface area (Å²) in [5, 5.41) is 0. The number of hydrogen-bond donors (Lipinski definition) is 0. The molecule has 0 aliphatic heterocycles. The molecule has 0 saturated heterocycles. The molecule has 2 heteroatoms. The van der Waals surface area contributed by atoms with E-state index in [0.29, 0.717) is 0 Å². The number of unbranched alkanes of at least 4 members (excludes halogenated alkanes) is 1. The largest absolute Gasteiger partial charge is 0.381 e. The van der Waals surface area contributed by atoms with Gasteiger partial charge in [-0.05, 0) is 30.5 Å². The van der Waals surface area contributed by atoms with E-state index in [1.54, 1.807) is 0 Å². The molecule has 0 spiro atoms. The first-order chi connectivity index (χ1) is 7.74. The van der Waals surface area contributed by atoms with Crippen LogP contribution >= 0.6 is 0 Å². The van der Waals surface area contributed by atoms with Crippen molar-refractivity contribution in [2.24, 2.45) is 0 Å². The van der Waals surface area contributed by atoms with Crippen LogP contribution in [0.15, 0.2) is 24.3 Å². The van der Waals surface area contributed by atoms with Gasteiger partial charge in [-0.2, -0.15) is 0 Å². The van der Waals surface area contributed by atoms with Crippen LogP contribution in [0.4, 0.5) is 5.69 Å². The van der Waals surface area contributed by atoms with Crippen LogP contribution in [0.2, 0.25) is 0 Å². The zero-order chi connectivity index (χ0) is 11.8. The van der Waals surface area contributed by atoms with E-state index in [0.717, 1.165) is 19.6 Å². The number of ether oxygens (including phenoxy) is 1. The van der Waals surface area contributed by atoms with Crippen LogP contribution in [0.5, 0.6) is 0 Å². The lowest BCUT2D eigenvalue weighted by Crippen LogP contribution is -2.08. The predicted octanol–water partition coefficient (Wildman–Crippen LogP) is 3.11. The fourth-order valence-corrected chi connectivity index (χ4v) is 1.50. The SMILES string of the molecule is CCCCOCCc1ccc(N(C)C)cc1. The third-order valence-corrected chi connectivity index (χ3v) is 2.63. The van der Waals surface area contributed by atoms with Crippen LogP contribution < -0.4 is 4.90 Å². The van der Waals surface area contributed by atoms with Gasteiger partial charge >= 0.3 is 0 Å². The minimum Gasteiger partial charge on any atom is -0.381 e. The molecule has 2 nitrogen and oxygen atoms in total. The quantitative estimate of drug-likeness (QED) is 0.656. The van der Waals surface area contributed by atoms with Gasteiger partial charge in [0.25, 0.3) is 0 Å². The molecule has 1 aromatic carbocycles. The minimum absolute atomic E-state index is 0.835. The average molecular weight is 221 g/mol. The second-order valence-corrected chi connectivity index (χ2v) is 4.28. The Kier molecular flexibility index (Phi) is 5.94. The first-order valence-corrected chi connectivity index (χ1v) is 6.08. The first-order valence-electron chi connectivity index (χ1n) is 6.08. The Hall–Kier alpha value is -1.02. The van der Waals surface area contributed by atoms with Gasteiger partial charge in [0.2, 0.25) is 0 Å². The Bertz CT molecular complexity index is 279. The second-order valence-electron chi connectivity index (χ2n) is 4.28. The maximum absolute atomic E-state index is 5.55. The molecular formula is C14H23NO. The predicted molar refractivity (Wildman–Crippen MR) is 70.2 cm³/mol. The van der Waals surface area contributed by atoms with Crippen molar-refractivity contribution < 1.29 is 4.74 Å². The molecule has 0 radical (unpaired) electrons. The van der Waals surface area contributed by atoms with Gasteiger partial charge in [0.1, 0.15) is 0 Å². The third kappa shape index (κ3) is 4.67. The van der Waals surface area contributed by atoms with E-state index in [2.05, 4.69) is 50.2 Å². The highest BCUT2D eigenvalue weighted by Gasteiger charge is 1.96. The Labute approximate surface area is 99.2 Å². The van der Waals surface area contributed by atoms with E-state index in [1.807, 2.05) is 0 Å². The number of rotatable bonds is 7. The molecule has 90 valence electrons.